The van der Waals surface area contributed by atoms with Gasteiger partial charge < -0.3 is 4.90 Å². The number of fused-ring (bicyclic) bond motifs is 1. The minimum absolute atomic E-state index is 0.0102. The van der Waals surface area contributed by atoms with Crippen LogP contribution in [-0.2, 0) is 11.3 Å². The molecular weight excluding hydrogens is 362 g/mol. The second-order valence-electron chi connectivity index (χ2n) is 6.93. The van der Waals surface area contributed by atoms with Crippen LogP contribution in [0.15, 0.2) is 59.5 Å². The molecule has 1 aliphatic rings. The molecule has 1 amide bonds. The van der Waals surface area contributed by atoms with Gasteiger partial charge in [-0.25, -0.2) is 4.98 Å². The van der Waals surface area contributed by atoms with Gasteiger partial charge in [0.15, 0.2) is 0 Å². The highest BCUT2D eigenvalue weighted by Crippen LogP contribution is 2.35. The second-order valence-corrected chi connectivity index (χ2v) is 7.37. The van der Waals surface area contributed by atoms with Crippen molar-refractivity contribution in [3.8, 4) is 0 Å². The second kappa shape index (κ2) is 7.16. The van der Waals surface area contributed by atoms with E-state index in [0.29, 0.717) is 16.1 Å². The summed E-state index contributed by atoms with van der Waals surface area (Å²) >= 11 is 5.99. The van der Waals surface area contributed by atoms with E-state index < -0.39 is 0 Å². The fourth-order valence-corrected chi connectivity index (χ4v) is 3.61. The van der Waals surface area contributed by atoms with Gasteiger partial charge in [0.1, 0.15) is 6.54 Å². The monoisotopic (exact) mass is 381 g/mol. The smallest absolute Gasteiger partial charge is 0.269 e. The number of carbonyl (C=O) groups excluding carboxylic acids is 1. The maximum atomic E-state index is 13.2. The fourth-order valence-electron chi connectivity index (χ4n) is 3.49. The molecule has 27 heavy (non-hydrogen) atoms. The lowest BCUT2D eigenvalue weighted by Gasteiger charge is -2.30. The Kier molecular flexibility index (Phi) is 4.70. The Morgan fingerprint density at radius 2 is 1.93 bits per heavy atom. The molecule has 1 saturated carbocycles. The van der Waals surface area contributed by atoms with Crippen molar-refractivity contribution >= 4 is 28.5 Å². The highest BCUT2D eigenvalue weighted by atomic mass is 35.5. The lowest BCUT2D eigenvalue weighted by atomic mass is 10.1. The van der Waals surface area contributed by atoms with Crippen LogP contribution in [0.3, 0.4) is 0 Å². The average molecular weight is 382 g/mol. The zero-order valence-corrected chi connectivity index (χ0v) is 15.8. The number of aromatic nitrogens is 2. The molecule has 6 heteroatoms. The van der Waals surface area contributed by atoms with Crippen LogP contribution < -0.4 is 5.56 Å². The molecule has 0 saturated heterocycles. The van der Waals surface area contributed by atoms with E-state index >= 15 is 0 Å². The molecule has 0 spiro atoms. The van der Waals surface area contributed by atoms with E-state index in [1.165, 1.54) is 10.8 Å². The molecule has 1 aliphatic carbocycles. The predicted octanol–water partition coefficient (Wildman–Crippen LogP) is 3.80. The molecule has 3 aromatic rings. The molecule has 1 heterocycles. The Hall–Kier alpha value is -2.66. The third-order valence-electron chi connectivity index (χ3n) is 5.04. The topological polar surface area (TPSA) is 55.2 Å². The van der Waals surface area contributed by atoms with Crippen LogP contribution in [0.5, 0.6) is 0 Å². The highest BCUT2D eigenvalue weighted by molar-refractivity contribution is 6.30. The van der Waals surface area contributed by atoms with Crippen LogP contribution >= 0.6 is 11.6 Å². The van der Waals surface area contributed by atoms with Crippen molar-refractivity contribution in [2.24, 2.45) is 0 Å². The molecule has 0 radical (unpaired) electrons. The van der Waals surface area contributed by atoms with Gasteiger partial charge in [-0.15, -0.1) is 0 Å². The molecule has 138 valence electrons. The third kappa shape index (κ3) is 3.60. The van der Waals surface area contributed by atoms with Crippen LogP contribution in [0, 0.1) is 0 Å². The predicted molar refractivity (Wildman–Crippen MR) is 106 cm³/mol. The van der Waals surface area contributed by atoms with Crippen molar-refractivity contribution in [1.82, 2.24) is 14.5 Å². The SMILES string of the molecule is CC(c1ccc(Cl)cc1)N(C(=O)Cn1c(=O)cnc2ccccc21)C1CC1. The summed E-state index contributed by atoms with van der Waals surface area (Å²) in [5.41, 5.74) is 2.14. The van der Waals surface area contributed by atoms with Crippen molar-refractivity contribution in [3.05, 3.63) is 75.7 Å². The molecule has 0 N–H and O–H groups in total. The number of amides is 1. The Morgan fingerprint density at radius 3 is 2.63 bits per heavy atom. The van der Waals surface area contributed by atoms with Gasteiger partial charge in [-0.05, 0) is 49.6 Å². The van der Waals surface area contributed by atoms with Crippen molar-refractivity contribution in [2.75, 3.05) is 0 Å². The molecule has 5 nitrogen and oxygen atoms in total. The quantitative estimate of drug-likeness (QED) is 0.675. The number of benzene rings is 2. The van der Waals surface area contributed by atoms with E-state index in [0.717, 1.165) is 18.4 Å². The molecule has 1 atom stereocenters. The number of nitrogens with zero attached hydrogens (tertiary/aromatic N) is 3. The van der Waals surface area contributed by atoms with Gasteiger partial charge in [0.25, 0.3) is 5.56 Å². The lowest BCUT2D eigenvalue weighted by Crippen LogP contribution is -2.39. The Labute approximate surface area is 162 Å². The molecule has 0 bridgehead atoms. The van der Waals surface area contributed by atoms with Crippen molar-refractivity contribution < 1.29 is 4.79 Å². The van der Waals surface area contributed by atoms with Gasteiger partial charge in [-0.1, -0.05) is 35.9 Å². The lowest BCUT2D eigenvalue weighted by molar-refractivity contribution is -0.134. The minimum Gasteiger partial charge on any atom is -0.331 e. The van der Waals surface area contributed by atoms with E-state index in [2.05, 4.69) is 4.98 Å². The molecule has 1 fully saturated rings. The number of hydrogen-bond acceptors (Lipinski definition) is 3. The fraction of sp³-hybridized carbons (Fsp3) is 0.286. The first-order valence-corrected chi connectivity index (χ1v) is 9.43. The standard InChI is InChI=1S/C21H20ClN3O2/c1-14(15-6-8-16(22)9-7-15)25(17-10-11-17)21(27)13-24-19-5-3-2-4-18(19)23-12-20(24)26/h2-9,12,14,17H,10-11,13H2,1H3. The third-order valence-corrected chi connectivity index (χ3v) is 5.30. The zero-order valence-electron chi connectivity index (χ0n) is 15.0. The molecule has 1 unspecified atom stereocenters. The van der Waals surface area contributed by atoms with Gasteiger partial charge >= 0.3 is 0 Å². The van der Waals surface area contributed by atoms with E-state index in [9.17, 15) is 9.59 Å². The maximum absolute atomic E-state index is 13.2. The Morgan fingerprint density at radius 1 is 1.22 bits per heavy atom. The van der Waals surface area contributed by atoms with Gasteiger partial charge in [-0.3, -0.25) is 14.2 Å². The normalized spacial score (nSPS) is 14.9. The van der Waals surface area contributed by atoms with Gasteiger partial charge in [0.05, 0.1) is 23.3 Å². The van der Waals surface area contributed by atoms with Crippen LogP contribution in [0.25, 0.3) is 11.0 Å². The molecule has 0 aliphatic heterocycles. The number of carbonyl (C=O) groups is 1. The Balaban J connectivity index is 1.65. The molecular formula is C21H20ClN3O2. The summed E-state index contributed by atoms with van der Waals surface area (Å²) in [6, 6.07) is 15.1. The summed E-state index contributed by atoms with van der Waals surface area (Å²) in [6.07, 6.45) is 3.27. The number of rotatable bonds is 5. The first-order chi connectivity index (χ1) is 13.0. The first-order valence-electron chi connectivity index (χ1n) is 9.06. The number of hydrogen-bond donors (Lipinski definition) is 0. The minimum atomic E-state index is -0.267. The van der Waals surface area contributed by atoms with E-state index in [1.54, 1.807) is 0 Å². The van der Waals surface area contributed by atoms with E-state index in [-0.39, 0.29) is 30.1 Å². The van der Waals surface area contributed by atoms with Crippen LogP contribution in [0.4, 0.5) is 0 Å². The van der Waals surface area contributed by atoms with Gasteiger partial charge in [-0.2, -0.15) is 0 Å². The van der Waals surface area contributed by atoms with Crippen molar-refractivity contribution in [2.45, 2.75) is 38.4 Å². The van der Waals surface area contributed by atoms with Crippen molar-refractivity contribution in [1.29, 1.82) is 0 Å². The van der Waals surface area contributed by atoms with Gasteiger partial charge in [0, 0.05) is 11.1 Å². The van der Waals surface area contributed by atoms with E-state index in [1.807, 2.05) is 60.4 Å². The molecule has 2 aromatic carbocycles. The first kappa shape index (κ1) is 17.7. The summed E-state index contributed by atoms with van der Waals surface area (Å²) in [6.45, 7) is 2.03. The molecule has 1 aromatic heterocycles. The average Bonchev–Trinajstić information content (AvgIpc) is 3.50. The van der Waals surface area contributed by atoms with Crippen LogP contribution in [0.1, 0.15) is 31.4 Å². The highest BCUT2D eigenvalue weighted by Gasteiger charge is 2.36. The summed E-state index contributed by atoms with van der Waals surface area (Å²) in [5, 5.41) is 0.671. The van der Waals surface area contributed by atoms with Crippen LogP contribution in [-0.4, -0.2) is 26.4 Å². The van der Waals surface area contributed by atoms with E-state index in [4.69, 9.17) is 11.6 Å². The Bertz CT molecular complexity index is 1040. The largest absolute Gasteiger partial charge is 0.331 e. The summed E-state index contributed by atoms with van der Waals surface area (Å²) in [7, 11) is 0. The summed E-state index contributed by atoms with van der Waals surface area (Å²) in [4.78, 5) is 31.6. The maximum Gasteiger partial charge on any atom is 0.269 e. The number of para-hydroxylation sites is 2. The molecule has 4 rings (SSSR count). The van der Waals surface area contributed by atoms with Gasteiger partial charge in [0.2, 0.25) is 5.91 Å². The summed E-state index contributed by atoms with van der Waals surface area (Å²) < 4.78 is 1.51. The zero-order chi connectivity index (χ0) is 19.0. The van der Waals surface area contributed by atoms with Crippen molar-refractivity contribution in [3.63, 3.8) is 0 Å². The number of halogens is 1. The van der Waals surface area contributed by atoms with Crippen LogP contribution in [0.2, 0.25) is 5.02 Å². The summed E-state index contributed by atoms with van der Waals surface area (Å²) in [5.74, 6) is -0.0570.